The highest BCUT2D eigenvalue weighted by Gasteiger charge is 2.36. The summed E-state index contributed by atoms with van der Waals surface area (Å²) in [6.07, 6.45) is -5.14. The lowest BCUT2D eigenvalue weighted by molar-refractivity contribution is -0.139. The number of aliphatic hydroxyl groups excluding tert-OH is 1. The molecule has 1 heterocycles. The standard InChI is InChI=1S/C11H14ClF3N2O/c1-10(2,3)17-9(18)6-5-16-8(12)4-7(6)11(13,14)15/h4-5,9,17-18H,1-3H3. The van der Waals surface area contributed by atoms with Gasteiger partial charge < -0.3 is 5.11 Å². The Bertz CT molecular complexity index is 429. The highest BCUT2D eigenvalue weighted by atomic mass is 35.5. The highest BCUT2D eigenvalue weighted by Crippen LogP contribution is 2.35. The van der Waals surface area contributed by atoms with Crippen molar-refractivity contribution in [2.24, 2.45) is 0 Å². The van der Waals surface area contributed by atoms with E-state index in [0.29, 0.717) is 6.07 Å². The third-order valence-electron chi connectivity index (χ3n) is 2.07. The predicted octanol–water partition coefficient (Wildman–Crippen LogP) is 3.13. The molecule has 0 radical (unpaired) electrons. The minimum Gasteiger partial charge on any atom is -0.374 e. The topological polar surface area (TPSA) is 45.1 Å². The van der Waals surface area contributed by atoms with Gasteiger partial charge in [-0.2, -0.15) is 13.2 Å². The average Bonchev–Trinajstić information content (AvgIpc) is 2.13. The quantitative estimate of drug-likeness (QED) is 0.647. The van der Waals surface area contributed by atoms with Gasteiger partial charge in [0.15, 0.2) is 0 Å². The van der Waals surface area contributed by atoms with Crippen molar-refractivity contribution in [1.29, 1.82) is 0 Å². The highest BCUT2D eigenvalue weighted by molar-refractivity contribution is 6.29. The molecule has 1 unspecified atom stereocenters. The smallest absolute Gasteiger partial charge is 0.374 e. The fraction of sp³-hybridized carbons (Fsp3) is 0.545. The molecule has 102 valence electrons. The van der Waals surface area contributed by atoms with Crippen LogP contribution in [0.3, 0.4) is 0 Å². The molecule has 7 heteroatoms. The first kappa shape index (κ1) is 15.2. The molecule has 0 aliphatic carbocycles. The van der Waals surface area contributed by atoms with E-state index in [0.717, 1.165) is 6.20 Å². The third kappa shape index (κ3) is 4.12. The second kappa shape index (κ2) is 5.03. The van der Waals surface area contributed by atoms with Gasteiger partial charge in [0, 0.05) is 17.3 Å². The minimum atomic E-state index is -4.59. The number of rotatable bonds is 2. The van der Waals surface area contributed by atoms with Crippen molar-refractivity contribution < 1.29 is 18.3 Å². The van der Waals surface area contributed by atoms with Crippen LogP contribution >= 0.6 is 11.6 Å². The van der Waals surface area contributed by atoms with E-state index in [1.54, 1.807) is 20.8 Å². The van der Waals surface area contributed by atoms with Crippen molar-refractivity contribution in [3.8, 4) is 0 Å². The summed E-state index contributed by atoms with van der Waals surface area (Å²) >= 11 is 5.45. The summed E-state index contributed by atoms with van der Waals surface area (Å²) in [5.74, 6) is 0. The Morgan fingerprint density at radius 3 is 2.33 bits per heavy atom. The molecule has 0 saturated carbocycles. The molecular formula is C11H14ClF3N2O. The largest absolute Gasteiger partial charge is 0.416 e. The summed E-state index contributed by atoms with van der Waals surface area (Å²) < 4.78 is 38.4. The second-order valence-corrected chi connectivity index (χ2v) is 5.28. The van der Waals surface area contributed by atoms with Gasteiger partial charge in [0.25, 0.3) is 0 Å². The van der Waals surface area contributed by atoms with E-state index in [-0.39, 0.29) is 10.7 Å². The zero-order chi connectivity index (χ0) is 14.1. The zero-order valence-corrected chi connectivity index (χ0v) is 10.9. The molecule has 0 amide bonds. The lowest BCUT2D eigenvalue weighted by atomic mass is 10.0. The Labute approximate surface area is 108 Å². The number of halogens is 4. The number of pyridine rings is 1. The van der Waals surface area contributed by atoms with Crippen molar-refractivity contribution in [2.45, 2.75) is 38.7 Å². The Balaban J connectivity index is 3.16. The first-order valence-corrected chi connectivity index (χ1v) is 5.57. The van der Waals surface area contributed by atoms with Crippen LogP contribution < -0.4 is 5.32 Å². The molecule has 1 rings (SSSR count). The van der Waals surface area contributed by atoms with E-state index in [1.807, 2.05) is 0 Å². The Morgan fingerprint density at radius 2 is 1.89 bits per heavy atom. The number of alkyl halides is 3. The predicted molar refractivity (Wildman–Crippen MR) is 62.1 cm³/mol. The van der Waals surface area contributed by atoms with Crippen LogP contribution in [-0.4, -0.2) is 15.6 Å². The van der Waals surface area contributed by atoms with Crippen LogP contribution in [0.1, 0.15) is 38.1 Å². The van der Waals surface area contributed by atoms with Crippen molar-refractivity contribution in [1.82, 2.24) is 10.3 Å². The SMILES string of the molecule is CC(C)(C)NC(O)c1cnc(Cl)cc1C(F)(F)F. The lowest BCUT2D eigenvalue weighted by Gasteiger charge is -2.26. The number of aromatic nitrogens is 1. The maximum absolute atomic E-state index is 12.8. The van der Waals surface area contributed by atoms with Crippen molar-refractivity contribution in [2.75, 3.05) is 0 Å². The van der Waals surface area contributed by atoms with Gasteiger partial charge in [-0.25, -0.2) is 4.98 Å². The molecule has 0 spiro atoms. The van der Waals surface area contributed by atoms with Crippen LogP contribution in [0.15, 0.2) is 12.3 Å². The minimum absolute atomic E-state index is 0.269. The first-order chi connectivity index (χ1) is 8.00. The van der Waals surface area contributed by atoms with Gasteiger partial charge in [-0.15, -0.1) is 0 Å². The van der Waals surface area contributed by atoms with Crippen molar-refractivity contribution >= 4 is 11.6 Å². The molecule has 3 nitrogen and oxygen atoms in total. The van der Waals surface area contributed by atoms with E-state index < -0.39 is 23.5 Å². The molecule has 1 aromatic rings. The molecule has 0 aliphatic rings. The van der Waals surface area contributed by atoms with Gasteiger partial charge in [0.1, 0.15) is 11.4 Å². The summed E-state index contributed by atoms with van der Waals surface area (Å²) in [7, 11) is 0. The summed E-state index contributed by atoms with van der Waals surface area (Å²) in [6, 6.07) is 0.699. The molecule has 0 aliphatic heterocycles. The van der Waals surface area contributed by atoms with Crippen molar-refractivity contribution in [3.05, 3.63) is 28.5 Å². The Kier molecular flexibility index (Phi) is 4.25. The molecule has 0 saturated heterocycles. The molecule has 1 atom stereocenters. The molecule has 18 heavy (non-hydrogen) atoms. The van der Waals surface area contributed by atoms with E-state index in [2.05, 4.69) is 10.3 Å². The molecule has 1 aromatic heterocycles. The Morgan fingerprint density at radius 1 is 1.33 bits per heavy atom. The average molecular weight is 283 g/mol. The molecule has 2 N–H and O–H groups in total. The fourth-order valence-corrected chi connectivity index (χ4v) is 1.55. The zero-order valence-electron chi connectivity index (χ0n) is 10.1. The van der Waals surface area contributed by atoms with Crippen LogP contribution in [0.25, 0.3) is 0 Å². The van der Waals surface area contributed by atoms with Gasteiger partial charge >= 0.3 is 6.18 Å². The number of hydrogen-bond acceptors (Lipinski definition) is 3. The summed E-state index contributed by atoms with van der Waals surface area (Å²) in [6.45, 7) is 5.19. The number of aliphatic hydroxyl groups is 1. The number of nitrogens with one attached hydrogen (secondary N) is 1. The monoisotopic (exact) mass is 282 g/mol. The van der Waals surface area contributed by atoms with Crippen LogP contribution in [-0.2, 0) is 6.18 Å². The maximum Gasteiger partial charge on any atom is 0.416 e. The van der Waals surface area contributed by atoms with E-state index in [1.165, 1.54) is 0 Å². The summed E-state index contributed by atoms with van der Waals surface area (Å²) in [5.41, 5.74) is -1.88. The van der Waals surface area contributed by atoms with Crippen LogP contribution in [0.4, 0.5) is 13.2 Å². The normalized spacial score (nSPS) is 14.7. The van der Waals surface area contributed by atoms with Gasteiger partial charge in [0.2, 0.25) is 0 Å². The van der Waals surface area contributed by atoms with E-state index in [4.69, 9.17) is 11.6 Å². The number of nitrogens with zero attached hydrogens (tertiary/aromatic N) is 1. The van der Waals surface area contributed by atoms with E-state index >= 15 is 0 Å². The van der Waals surface area contributed by atoms with E-state index in [9.17, 15) is 18.3 Å². The van der Waals surface area contributed by atoms with Gasteiger partial charge in [-0.1, -0.05) is 11.6 Å². The van der Waals surface area contributed by atoms with Gasteiger partial charge in [0.05, 0.1) is 5.56 Å². The van der Waals surface area contributed by atoms with Gasteiger partial charge in [-0.05, 0) is 26.8 Å². The van der Waals surface area contributed by atoms with Crippen LogP contribution in [0.5, 0.6) is 0 Å². The number of hydrogen-bond donors (Lipinski definition) is 2. The third-order valence-corrected chi connectivity index (χ3v) is 2.28. The summed E-state index contributed by atoms with van der Waals surface area (Å²) in [5, 5.41) is 12.2. The first-order valence-electron chi connectivity index (χ1n) is 5.19. The Hall–Kier alpha value is -0.850. The molecule has 0 fully saturated rings. The lowest BCUT2D eigenvalue weighted by Crippen LogP contribution is -2.39. The van der Waals surface area contributed by atoms with Crippen LogP contribution in [0.2, 0.25) is 5.15 Å². The second-order valence-electron chi connectivity index (χ2n) is 4.89. The summed E-state index contributed by atoms with van der Waals surface area (Å²) in [4.78, 5) is 3.57. The van der Waals surface area contributed by atoms with Crippen molar-refractivity contribution in [3.63, 3.8) is 0 Å². The fourth-order valence-electron chi connectivity index (χ4n) is 1.39. The maximum atomic E-state index is 12.8. The van der Waals surface area contributed by atoms with Gasteiger partial charge in [-0.3, -0.25) is 5.32 Å². The molecule has 0 bridgehead atoms. The molecule has 0 aromatic carbocycles. The van der Waals surface area contributed by atoms with Crippen LogP contribution in [0, 0.1) is 0 Å². The molecular weight excluding hydrogens is 269 g/mol.